The van der Waals surface area contributed by atoms with E-state index in [-0.39, 0.29) is 39.6 Å². The Morgan fingerprint density at radius 3 is 1.20 bits per heavy atom. The summed E-state index contributed by atoms with van der Waals surface area (Å²) in [5.41, 5.74) is 5.96. The van der Waals surface area contributed by atoms with Crippen LogP contribution in [-0.2, 0) is 0 Å². The van der Waals surface area contributed by atoms with Crippen molar-refractivity contribution in [3.8, 4) is 69.3 Å². The summed E-state index contributed by atoms with van der Waals surface area (Å²) in [6.07, 6.45) is 0. The number of nitrogens with zero attached hydrogens (tertiary/aromatic N) is 11. The SMILES string of the molecule is N#Cc1cc2nc(-c3ccccc3)c(-c3ccc(-c4nc5nc(C#N)c(C#N)nc5nc4-c4ccccc4)cc3)nc2nc1C#N. The average Bonchev–Trinajstić information content (AvgIpc) is 3.13. The van der Waals surface area contributed by atoms with E-state index in [2.05, 4.69) is 15.0 Å². The maximum atomic E-state index is 9.53. The van der Waals surface area contributed by atoms with Gasteiger partial charge < -0.3 is 0 Å². The number of benzene rings is 3. The summed E-state index contributed by atoms with van der Waals surface area (Å²) < 4.78 is 0. The van der Waals surface area contributed by atoms with E-state index in [1.165, 1.54) is 6.07 Å². The van der Waals surface area contributed by atoms with Gasteiger partial charge in [0.15, 0.2) is 34.0 Å². The molecule has 0 spiro atoms. The summed E-state index contributed by atoms with van der Waals surface area (Å²) in [6.45, 7) is 0. The molecule has 7 aromatic rings. The molecule has 0 fully saturated rings. The summed E-state index contributed by atoms with van der Waals surface area (Å²) >= 11 is 0. The molecule has 0 bridgehead atoms. The third kappa shape index (κ3) is 4.75. The zero-order valence-corrected chi connectivity index (χ0v) is 23.6. The van der Waals surface area contributed by atoms with E-state index in [1.54, 1.807) is 0 Å². The van der Waals surface area contributed by atoms with Gasteiger partial charge in [0, 0.05) is 22.3 Å². The molecule has 3 aromatic carbocycles. The highest BCUT2D eigenvalue weighted by molar-refractivity contribution is 5.88. The smallest absolute Gasteiger partial charge is 0.199 e. The molecule has 11 heteroatoms. The molecule has 0 unspecified atom stereocenters. The summed E-state index contributed by atoms with van der Waals surface area (Å²) in [4.78, 5) is 32.0. The first-order chi connectivity index (χ1) is 22.6. The third-order valence-electron chi connectivity index (χ3n) is 7.14. The van der Waals surface area contributed by atoms with Crippen LogP contribution in [0.1, 0.15) is 22.6 Å². The lowest BCUT2D eigenvalue weighted by atomic mass is 9.99. The van der Waals surface area contributed by atoms with Gasteiger partial charge in [-0.15, -0.1) is 0 Å². The Hall–Kier alpha value is -7.47. The molecule has 210 valence electrons. The number of hydrogen-bond donors (Lipinski definition) is 0. The van der Waals surface area contributed by atoms with E-state index in [1.807, 2.05) is 109 Å². The molecule has 46 heavy (non-hydrogen) atoms. The monoisotopic (exact) mass is 589 g/mol. The Bertz CT molecular complexity index is 2320. The highest BCUT2D eigenvalue weighted by Gasteiger charge is 2.19. The van der Waals surface area contributed by atoms with E-state index >= 15 is 0 Å². The van der Waals surface area contributed by atoms with Crippen molar-refractivity contribution < 1.29 is 0 Å². The lowest BCUT2D eigenvalue weighted by Gasteiger charge is -2.13. The van der Waals surface area contributed by atoms with Crippen LogP contribution in [0.2, 0.25) is 0 Å². The van der Waals surface area contributed by atoms with Crippen LogP contribution in [0, 0.1) is 45.3 Å². The van der Waals surface area contributed by atoms with Gasteiger partial charge in [-0.1, -0.05) is 84.9 Å². The lowest BCUT2D eigenvalue weighted by molar-refractivity contribution is 1.12. The first-order valence-electron chi connectivity index (χ1n) is 13.7. The fourth-order valence-electron chi connectivity index (χ4n) is 4.98. The second kappa shape index (κ2) is 11.3. The van der Waals surface area contributed by atoms with E-state index in [0.29, 0.717) is 33.9 Å². The van der Waals surface area contributed by atoms with Crippen LogP contribution in [0.3, 0.4) is 0 Å². The fraction of sp³-hybridized carbons (Fsp3) is 0. The van der Waals surface area contributed by atoms with Crippen molar-refractivity contribution in [2.75, 3.05) is 0 Å². The minimum atomic E-state index is -0.128. The molecule has 11 nitrogen and oxygen atoms in total. The van der Waals surface area contributed by atoms with E-state index in [0.717, 1.165) is 16.7 Å². The van der Waals surface area contributed by atoms with Crippen LogP contribution in [0.4, 0.5) is 0 Å². The van der Waals surface area contributed by atoms with Crippen molar-refractivity contribution in [1.82, 2.24) is 34.9 Å². The van der Waals surface area contributed by atoms with Gasteiger partial charge in [-0.3, -0.25) is 0 Å². The Kier molecular flexibility index (Phi) is 6.73. The first kappa shape index (κ1) is 27.4. The maximum absolute atomic E-state index is 9.53. The molecule has 0 aliphatic carbocycles. The van der Waals surface area contributed by atoms with Gasteiger partial charge in [-0.25, -0.2) is 34.9 Å². The summed E-state index contributed by atoms with van der Waals surface area (Å²) in [5, 5.41) is 38.0. The third-order valence-corrected chi connectivity index (χ3v) is 7.14. The van der Waals surface area contributed by atoms with E-state index in [9.17, 15) is 21.0 Å². The molecule has 0 aliphatic rings. The van der Waals surface area contributed by atoms with E-state index in [4.69, 9.17) is 19.9 Å². The van der Waals surface area contributed by atoms with Crippen molar-refractivity contribution in [2.45, 2.75) is 0 Å². The molecule has 0 saturated heterocycles. The molecule has 7 rings (SSSR count). The second-order valence-corrected chi connectivity index (χ2v) is 9.89. The molecule has 0 aliphatic heterocycles. The van der Waals surface area contributed by atoms with Gasteiger partial charge >= 0.3 is 0 Å². The van der Waals surface area contributed by atoms with Crippen molar-refractivity contribution >= 4 is 22.5 Å². The van der Waals surface area contributed by atoms with Crippen molar-refractivity contribution in [2.24, 2.45) is 0 Å². The van der Waals surface area contributed by atoms with Gasteiger partial charge in [0.25, 0.3) is 0 Å². The first-order valence-corrected chi connectivity index (χ1v) is 13.7. The highest BCUT2D eigenvalue weighted by Crippen LogP contribution is 2.35. The van der Waals surface area contributed by atoms with Crippen molar-refractivity contribution in [3.05, 3.63) is 114 Å². The molecule has 4 heterocycles. The molecule has 0 amide bonds. The Balaban J connectivity index is 1.42. The van der Waals surface area contributed by atoms with Crippen molar-refractivity contribution in [1.29, 1.82) is 21.0 Å². The van der Waals surface area contributed by atoms with Crippen LogP contribution in [-0.4, -0.2) is 34.9 Å². The minimum Gasteiger partial charge on any atom is -0.242 e. The number of nitriles is 4. The Labute approximate surface area is 261 Å². The average molecular weight is 590 g/mol. The molecule has 0 N–H and O–H groups in total. The molecule has 0 saturated carbocycles. The Morgan fingerprint density at radius 1 is 0.370 bits per heavy atom. The zero-order chi connectivity index (χ0) is 31.6. The summed E-state index contributed by atoms with van der Waals surface area (Å²) in [7, 11) is 0. The lowest BCUT2D eigenvalue weighted by Crippen LogP contribution is -2.03. The van der Waals surface area contributed by atoms with Gasteiger partial charge in [-0.2, -0.15) is 21.0 Å². The number of rotatable bonds is 4. The number of fused-ring (bicyclic) bond motifs is 2. The largest absolute Gasteiger partial charge is 0.242 e. The second-order valence-electron chi connectivity index (χ2n) is 9.89. The number of pyridine rings is 1. The van der Waals surface area contributed by atoms with Gasteiger partial charge in [-0.05, 0) is 6.07 Å². The van der Waals surface area contributed by atoms with E-state index < -0.39 is 0 Å². The molecule has 0 atom stereocenters. The molecule has 0 radical (unpaired) electrons. The van der Waals surface area contributed by atoms with Gasteiger partial charge in [0.05, 0.1) is 28.3 Å². The van der Waals surface area contributed by atoms with Crippen LogP contribution in [0.25, 0.3) is 67.5 Å². The molecule has 4 aromatic heterocycles. The van der Waals surface area contributed by atoms with Gasteiger partial charge in [0.2, 0.25) is 0 Å². The predicted molar refractivity (Wildman–Crippen MR) is 167 cm³/mol. The topological polar surface area (TPSA) is 185 Å². The summed E-state index contributed by atoms with van der Waals surface area (Å²) in [6, 6.07) is 35.7. The number of hydrogen-bond acceptors (Lipinski definition) is 11. The van der Waals surface area contributed by atoms with Crippen LogP contribution in [0.5, 0.6) is 0 Å². The number of aromatic nitrogens is 7. The van der Waals surface area contributed by atoms with Crippen molar-refractivity contribution in [3.63, 3.8) is 0 Å². The normalized spacial score (nSPS) is 10.5. The molecular formula is C35H15N11. The fourth-order valence-corrected chi connectivity index (χ4v) is 4.98. The van der Waals surface area contributed by atoms with Crippen LogP contribution < -0.4 is 0 Å². The maximum Gasteiger partial charge on any atom is 0.199 e. The minimum absolute atomic E-state index is 0.0223. The quantitative estimate of drug-likeness (QED) is 0.237. The zero-order valence-electron chi connectivity index (χ0n) is 23.6. The van der Waals surface area contributed by atoms with Crippen LogP contribution >= 0.6 is 0 Å². The van der Waals surface area contributed by atoms with Gasteiger partial charge in [0.1, 0.15) is 29.8 Å². The standard InChI is InChI=1S/C35H15N11/c36-16-24-15-25-33(41-26(24)17-37)44-31(29(40-25)20-7-3-1-4-8-20)22-11-13-23(14-12-22)32-30(21-9-5-2-6-10-21)45-34-35(46-32)43-28(19-39)27(18-38)42-34/h1-15H. The molecular weight excluding hydrogens is 574 g/mol. The van der Waals surface area contributed by atoms with Crippen LogP contribution in [0.15, 0.2) is 91.0 Å². The Morgan fingerprint density at radius 2 is 0.761 bits per heavy atom. The predicted octanol–water partition coefficient (Wildman–Crippen LogP) is 5.91. The summed E-state index contributed by atoms with van der Waals surface area (Å²) in [5.74, 6) is 0. The highest BCUT2D eigenvalue weighted by atomic mass is 15.0.